The Hall–Kier alpha value is 0.177. The molecule has 0 aliphatic heterocycles. The highest BCUT2D eigenvalue weighted by atomic mass is 28.3. The van der Waals surface area contributed by atoms with Crippen LogP contribution in [0.2, 0.25) is 25.7 Å². The first kappa shape index (κ1) is 14.2. The van der Waals surface area contributed by atoms with Gasteiger partial charge in [-0.2, -0.15) is 0 Å². The van der Waals surface area contributed by atoms with E-state index in [1.54, 1.807) is 0 Å². The summed E-state index contributed by atoms with van der Waals surface area (Å²) in [5.41, 5.74) is 0.666. The molecule has 0 bridgehead atoms. The SMILES string of the molecule is CC(C)CNCC1(C[Si](C)(C)C)CCCC1. The summed E-state index contributed by atoms with van der Waals surface area (Å²) in [6, 6.07) is 1.52. The summed E-state index contributed by atoms with van der Waals surface area (Å²) in [7, 11) is -0.912. The maximum atomic E-state index is 3.71. The molecule has 1 N–H and O–H groups in total. The van der Waals surface area contributed by atoms with E-state index in [0.717, 1.165) is 5.92 Å². The molecular formula is C14H31NSi. The monoisotopic (exact) mass is 241 g/mol. The summed E-state index contributed by atoms with van der Waals surface area (Å²) in [6.07, 6.45) is 5.88. The van der Waals surface area contributed by atoms with Crippen LogP contribution < -0.4 is 5.32 Å². The molecule has 1 fully saturated rings. The predicted octanol–water partition coefficient (Wildman–Crippen LogP) is 4.13. The van der Waals surface area contributed by atoms with Gasteiger partial charge in [0.2, 0.25) is 0 Å². The van der Waals surface area contributed by atoms with E-state index in [4.69, 9.17) is 0 Å². The fraction of sp³-hybridized carbons (Fsp3) is 1.00. The van der Waals surface area contributed by atoms with Crippen molar-refractivity contribution in [1.29, 1.82) is 0 Å². The largest absolute Gasteiger partial charge is 0.316 e. The second-order valence-corrected chi connectivity index (χ2v) is 12.9. The van der Waals surface area contributed by atoms with Crippen LogP contribution in [0.5, 0.6) is 0 Å². The van der Waals surface area contributed by atoms with Crippen LogP contribution in [0.3, 0.4) is 0 Å². The van der Waals surface area contributed by atoms with Gasteiger partial charge in [0.25, 0.3) is 0 Å². The molecule has 0 spiro atoms. The van der Waals surface area contributed by atoms with E-state index >= 15 is 0 Å². The second-order valence-electron chi connectivity index (χ2n) is 7.47. The van der Waals surface area contributed by atoms with Gasteiger partial charge in [0, 0.05) is 14.6 Å². The van der Waals surface area contributed by atoms with Crippen LogP contribution in [0.15, 0.2) is 0 Å². The fourth-order valence-electron chi connectivity index (χ4n) is 3.29. The molecule has 0 aromatic heterocycles. The van der Waals surface area contributed by atoms with Crippen molar-refractivity contribution in [3.63, 3.8) is 0 Å². The van der Waals surface area contributed by atoms with Crippen molar-refractivity contribution in [1.82, 2.24) is 5.32 Å². The van der Waals surface area contributed by atoms with Gasteiger partial charge in [0.15, 0.2) is 0 Å². The normalized spacial score (nSPS) is 20.6. The maximum Gasteiger partial charge on any atom is 0.0448 e. The Balaban J connectivity index is 2.46. The third kappa shape index (κ3) is 5.01. The molecule has 0 saturated heterocycles. The van der Waals surface area contributed by atoms with E-state index in [1.165, 1.54) is 44.8 Å². The highest BCUT2D eigenvalue weighted by molar-refractivity contribution is 6.76. The summed E-state index contributed by atoms with van der Waals surface area (Å²) < 4.78 is 0. The van der Waals surface area contributed by atoms with E-state index in [9.17, 15) is 0 Å². The number of rotatable bonds is 6. The van der Waals surface area contributed by atoms with Crippen LogP contribution in [0.1, 0.15) is 39.5 Å². The maximum absolute atomic E-state index is 3.71. The van der Waals surface area contributed by atoms with Crippen molar-refractivity contribution < 1.29 is 0 Å². The van der Waals surface area contributed by atoms with Crippen molar-refractivity contribution in [3.8, 4) is 0 Å². The molecule has 16 heavy (non-hydrogen) atoms. The smallest absolute Gasteiger partial charge is 0.0448 e. The van der Waals surface area contributed by atoms with Gasteiger partial charge in [-0.1, -0.05) is 52.4 Å². The molecular weight excluding hydrogens is 210 g/mol. The Morgan fingerprint density at radius 3 is 2.12 bits per heavy atom. The molecule has 0 aromatic rings. The molecule has 1 aliphatic rings. The zero-order valence-corrected chi connectivity index (χ0v) is 13.0. The molecule has 0 amide bonds. The van der Waals surface area contributed by atoms with E-state index in [2.05, 4.69) is 38.8 Å². The zero-order valence-electron chi connectivity index (χ0n) is 12.0. The standard InChI is InChI=1S/C14H31NSi/c1-13(2)10-15-11-14(8-6-7-9-14)12-16(3,4)5/h13,15H,6-12H2,1-5H3. The zero-order chi connectivity index (χ0) is 12.2. The van der Waals surface area contributed by atoms with Gasteiger partial charge in [0.05, 0.1) is 0 Å². The van der Waals surface area contributed by atoms with Crippen LogP contribution in [0.25, 0.3) is 0 Å². The molecule has 0 unspecified atom stereocenters. The predicted molar refractivity (Wildman–Crippen MR) is 76.8 cm³/mol. The first-order valence-electron chi connectivity index (χ1n) is 7.04. The molecule has 2 heteroatoms. The molecule has 1 aliphatic carbocycles. The quantitative estimate of drug-likeness (QED) is 0.690. The van der Waals surface area contributed by atoms with Crippen molar-refractivity contribution in [2.45, 2.75) is 65.2 Å². The van der Waals surface area contributed by atoms with E-state index in [-0.39, 0.29) is 0 Å². The minimum Gasteiger partial charge on any atom is -0.316 e. The Morgan fingerprint density at radius 1 is 1.12 bits per heavy atom. The number of nitrogens with one attached hydrogen (secondary N) is 1. The number of hydrogen-bond acceptors (Lipinski definition) is 1. The Kier molecular flexibility index (Phi) is 5.05. The molecule has 0 aromatic carbocycles. The van der Waals surface area contributed by atoms with Crippen molar-refractivity contribution in [2.24, 2.45) is 11.3 Å². The lowest BCUT2D eigenvalue weighted by Gasteiger charge is -2.35. The van der Waals surface area contributed by atoms with Crippen molar-refractivity contribution in [3.05, 3.63) is 0 Å². The lowest BCUT2D eigenvalue weighted by molar-refractivity contribution is 0.305. The highest BCUT2D eigenvalue weighted by Crippen LogP contribution is 2.44. The van der Waals surface area contributed by atoms with E-state index in [0.29, 0.717) is 5.41 Å². The first-order chi connectivity index (χ1) is 7.33. The third-order valence-corrected chi connectivity index (χ3v) is 5.43. The van der Waals surface area contributed by atoms with Gasteiger partial charge in [-0.15, -0.1) is 0 Å². The minimum absolute atomic E-state index is 0.666. The van der Waals surface area contributed by atoms with Gasteiger partial charge in [-0.25, -0.2) is 0 Å². The Morgan fingerprint density at radius 2 is 1.69 bits per heavy atom. The second kappa shape index (κ2) is 5.68. The van der Waals surface area contributed by atoms with Gasteiger partial charge < -0.3 is 5.32 Å². The lowest BCUT2D eigenvalue weighted by atomic mass is 9.88. The minimum atomic E-state index is -0.912. The fourth-order valence-corrected chi connectivity index (χ4v) is 6.02. The third-order valence-electron chi connectivity index (χ3n) is 3.62. The summed E-state index contributed by atoms with van der Waals surface area (Å²) in [5.74, 6) is 0.783. The average molecular weight is 241 g/mol. The molecule has 0 radical (unpaired) electrons. The molecule has 0 atom stereocenters. The van der Waals surface area contributed by atoms with Gasteiger partial charge >= 0.3 is 0 Å². The molecule has 0 heterocycles. The lowest BCUT2D eigenvalue weighted by Crippen LogP contribution is -2.39. The summed E-state index contributed by atoms with van der Waals surface area (Å²) in [4.78, 5) is 0. The summed E-state index contributed by atoms with van der Waals surface area (Å²) in [6.45, 7) is 14.6. The van der Waals surface area contributed by atoms with E-state index in [1.807, 2.05) is 0 Å². The number of hydrogen-bond donors (Lipinski definition) is 1. The van der Waals surface area contributed by atoms with Crippen LogP contribution >= 0.6 is 0 Å². The van der Waals surface area contributed by atoms with Crippen LogP contribution in [0, 0.1) is 11.3 Å². The first-order valence-corrected chi connectivity index (χ1v) is 10.7. The average Bonchev–Trinajstić information content (AvgIpc) is 2.49. The van der Waals surface area contributed by atoms with Gasteiger partial charge in [0.1, 0.15) is 0 Å². The van der Waals surface area contributed by atoms with Crippen molar-refractivity contribution >= 4 is 8.07 Å². The molecule has 1 saturated carbocycles. The van der Waals surface area contributed by atoms with Crippen LogP contribution in [0.4, 0.5) is 0 Å². The van der Waals surface area contributed by atoms with Crippen LogP contribution in [-0.2, 0) is 0 Å². The van der Waals surface area contributed by atoms with E-state index < -0.39 is 8.07 Å². The van der Waals surface area contributed by atoms with Gasteiger partial charge in [-0.3, -0.25) is 0 Å². The topological polar surface area (TPSA) is 12.0 Å². The van der Waals surface area contributed by atoms with Crippen LogP contribution in [-0.4, -0.2) is 21.2 Å². The summed E-state index contributed by atoms with van der Waals surface area (Å²) in [5, 5.41) is 3.71. The Labute approximate surface area is 103 Å². The van der Waals surface area contributed by atoms with Gasteiger partial charge in [-0.05, 0) is 30.7 Å². The summed E-state index contributed by atoms with van der Waals surface area (Å²) >= 11 is 0. The highest BCUT2D eigenvalue weighted by Gasteiger charge is 2.37. The van der Waals surface area contributed by atoms with Crippen molar-refractivity contribution in [2.75, 3.05) is 13.1 Å². The molecule has 1 nitrogen and oxygen atoms in total. The molecule has 1 rings (SSSR count). The molecule has 96 valence electrons. The Bertz CT molecular complexity index is 199.